The Morgan fingerprint density at radius 3 is 2.00 bits per heavy atom. The highest BCUT2D eigenvalue weighted by Crippen LogP contribution is 2.31. The molecule has 0 spiro atoms. The maximum atomic E-state index is 13.2. The molecule has 1 unspecified atom stereocenters. The van der Waals surface area contributed by atoms with Crippen LogP contribution in [-0.4, -0.2) is 14.7 Å². The smallest absolute Gasteiger partial charge is 0.175 e. The summed E-state index contributed by atoms with van der Waals surface area (Å²) in [6.07, 6.45) is 1.13. The van der Waals surface area contributed by atoms with Crippen LogP contribution in [0.25, 0.3) is 0 Å². The van der Waals surface area contributed by atoms with Crippen molar-refractivity contribution >= 4 is 25.8 Å². The lowest BCUT2D eigenvalue weighted by Gasteiger charge is -2.11. The molecule has 106 valence electrons. The Bertz CT molecular complexity index is 727. The van der Waals surface area contributed by atoms with Gasteiger partial charge in [-0.05, 0) is 35.4 Å². The van der Waals surface area contributed by atoms with E-state index in [9.17, 15) is 17.2 Å². The van der Waals surface area contributed by atoms with Crippen LogP contribution in [0.5, 0.6) is 0 Å². The summed E-state index contributed by atoms with van der Waals surface area (Å²) in [6.45, 7) is 0. The van der Waals surface area contributed by atoms with Gasteiger partial charge in [0.1, 0.15) is 0 Å². The first-order valence-corrected chi connectivity index (χ1v) is 8.49. The van der Waals surface area contributed by atoms with Gasteiger partial charge in [-0.3, -0.25) is 0 Å². The van der Waals surface area contributed by atoms with E-state index in [-0.39, 0.29) is 9.72 Å². The Morgan fingerprint density at radius 1 is 0.950 bits per heavy atom. The molecule has 1 atom stereocenters. The minimum absolute atomic E-state index is 0.214. The normalized spacial score (nSPS) is 13.2. The van der Waals surface area contributed by atoms with Crippen LogP contribution in [0, 0.1) is 11.6 Å². The molecule has 0 aliphatic heterocycles. The van der Waals surface area contributed by atoms with Crippen molar-refractivity contribution in [2.75, 3.05) is 6.26 Å². The third-order valence-electron chi connectivity index (χ3n) is 2.84. The fourth-order valence-electron chi connectivity index (χ4n) is 1.75. The Labute approximate surface area is 124 Å². The quantitative estimate of drug-likeness (QED) is 0.779. The summed E-state index contributed by atoms with van der Waals surface area (Å²) < 4.78 is 48.8. The zero-order valence-corrected chi connectivity index (χ0v) is 12.9. The fraction of sp³-hybridized carbons (Fsp3) is 0.143. The highest BCUT2D eigenvalue weighted by atomic mass is 79.9. The van der Waals surface area contributed by atoms with Crippen molar-refractivity contribution in [2.45, 2.75) is 9.72 Å². The lowest BCUT2D eigenvalue weighted by molar-refractivity contribution is 0.507. The number of alkyl halides is 1. The molecule has 0 saturated heterocycles. The van der Waals surface area contributed by atoms with Gasteiger partial charge < -0.3 is 0 Å². The van der Waals surface area contributed by atoms with Gasteiger partial charge in [-0.25, -0.2) is 17.2 Å². The van der Waals surface area contributed by atoms with E-state index in [2.05, 4.69) is 15.9 Å². The number of halogens is 3. The van der Waals surface area contributed by atoms with Crippen LogP contribution in [0.2, 0.25) is 0 Å². The van der Waals surface area contributed by atoms with Crippen LogP contribution in [0.3, 0.4) is 0 Å². The monoisotopic (exact) mass is 360 g/mol. The van der Waals surface area contributed by atoms with Gasteiger partial charge in [0.2, 0.25) is 0 Å². The number of rotatable bonds is 3. The summed E-state index contributed by atoms with van der Waals surface area (Å²) in [7, 11) is -3.25. The fourth-order valence-corrected chi connectivity index (χ4v) is 2.97. The number of benzene rings is 2. The molecule has 0 fully saturated rings. The lowest BCUT2D eigenvalue weighted by atomic mass is 10.0. The van der Waals surface area contributed by atoms with Gasteiger partial charge in [0.05, 0.1) is 9.72 Å². The number of hydrogen-bond acceptors (Lipinski definition) is 2. The topological polar surface area (TPSA) is 34.1 Å². The maximum Gasteiger partial charge on any atom is 0.175 e. The van der Waals surface area contributed by atoms with Crippen molar-refractivity contribution in [3.63, 3.8) is 0 Å². The van der Waals surface area contributed by atoms with Crippen LogP contribution in [0.1, 0.15) is 16.0 Å². The van der Waals surface area contributed by atoms with Crippen LogP contribution in [0.15, 0.2) is 47.4 Å². The summed E-state index contributed by atoms with van der Waals surface area (Å²) >= 11 is 3.39. The van der Waals surface area contributed by atoms with E-state index in [0.29, 0.717) is 5.56 Å². The zero-order valence-electron chi connectivity index (χ0n) is 10.5. The van der Waals surface area contributed by atoms with E-state index in [4.69, 9.17) is 0 Å². The first-order valence-electron chi connectivity index (χ1n) is 5.68. The molecular weight excluding hydrogens is 350 g/mol. The third-order valence-corrected chi connectivity index (χ3v) is 5.02. The lowest BCUT2D eigenvalue weighted by Crippen LogP contribution is -1.99. The van der Waals surface area contributed by atoms with E-state index in [0.717, 1.165) is 24.0 Å². The van der Waals surface area contributed by atoms with Gasteiger partial charge in [-0.2, -0.15) is 0 Å². The van der Waals surface area contributed by atoms with Crippen LogP contribution < -0.4 is 0 Å². The van der Waals surface area contributed by atoms with E-state index in [1.165, 1.54) is 18.2 Å². The van der Waals surface area contributed by atoms with Gasteiger partial charge in [0, 0.05) is 6.26 Å². The molecule has 0 radical (unpaired) electrons. The summed E-state index contributed by atoms with van der Waals surface area (Å²) in [4.78, 5) is -0.127. The second-order valence-corrected chi connectivity index (χ2v) is 7.31. The number of hydrogen-bond donors (Lipinski definition) is 0. The van der Waals surface area contributed by atoms with Crippen LogP contribution >= 0.6 is 15.9 Å². The molecule has 6 heteroatoms. The number of sulfone groups is 1. The first-order chi connectivity index (χ1) is 9.29. The van der Waals surface area contributed by atoms with Crippen LogP contribution in [-0.2, 0) is 9.84 Å². The Hall–Kier alpha value is -1.27. The SMILES string of the molecule is CS(=O)(=O)c1ccc(C(Br)c2ccc(F)c(F)c2)cc1. The third kappa shape index (κ3) is 3.24. The van der Waals surface area contributed by atoms with Crippen molar-refractivity contribution in [3.8, 4) is 0 Å². The largest absolute Gasteiger partial charge is 0.224 e. The van der Waals surface area contributed by atoms with Gasteiger partial charge >= 0.3 is 0 Å². The Morgan fingerprint density at radius 2 is 1.50 bits per heavy atom. The second kappa shape index (κ2) is 5.61. The molecule has 2 nitrogen and oxygen atoms in total. The molecule has 0 bridgehead atoms. The van der Waals surface area contributed by atoms with E-state index in [1.807, 2.05) is 0 Å². The maximum absolute atomic E-state index is 13.2. The molecule has 20 heavy (non-hydrogen) atoms. The summed E-state index contributed by atoms with van der Waals surface area (Å²) in [6, 6.07) is 9.89. The van der Waals surface area contributed by atoms with Crippen molar-refractivity contribution in [1.82, 2.24) is 0 Å². The summed E-state index contributed by atoms with van der Waals surface area (Å²) in [5.41, 5.74) is 1.31. The average molecular weight is 361 g/mol. The van der Waals surface area contributed by atoms with Gasteiger partial charge in [0.15, 0.2) is 21.5 Å². The minimum Gasteiger partial charge on any atom is -0.224 e. The van der Waals surface area contributed by atoms with Crippen molar-refractivity contribution in [1.29, 1.82) is 0 Å². The van der Waals surface area contributed by atoms with E-state index in [1.54, 1.807) is 12.1 Å². The van der Waals surface area contributed by atoms with Crippen molar-refractivity contribution in [3.05, 3.63) is 65.2 Å². The molecule has 2 aromatic rings. The average Bonchev–Trinajstić information content (AvgIpc) is 2.40. The highest BCUT2D eigenvalue weighted by molar-refractivity contribution is 9.09. The predicted octanol–water partition coefficient (Wildman–Crippen LogP) is 3.85. The van der Waals surface area contributed by atoms with E-state index >= 15 is 0 Å². The molecule has 0 aromatic heterocycles. The molecule has 0 aliphatic carbocycles. The molecular formula is C14H11BrF2O2S. The second-order valence-electron chi connectivity index (χ2n) is 4.38. The zero-order chi connectivity index (χ0) is 14.9. The van der Waals surface area contributed by atoms with Gasteiger partial charge in [-0.15, -0.1) is 0 Å². The Kier molecular flexibility index (Phi) is 4.25. The van der Waals surface area contributed by atoms with Crippen LogP contribution in [0.4, 0.5) is 8.78 Å². The molecule has 0 N–H and O–H groups in total. The molecule has 2 aromatic carbocycles. The molecule has 2 rings (SSSR count). The minimum atomic E-state index is -3.25. The van der Waals surface area contributed by atoms with Gasteiger partial charge in [-0.1, -0.05) is 34.1 Å². The summed E-state index contributed by atoms with van der Waals surface area (Å²) in [5.74, 6) is -1.82. The van der Waals surface area contributed by atoms with Crippen molar-refractivity contribution in [2.24, 2.45) is 0 Å². The highest BCUT2D eigenvalue weighted by Gasteiger charge is 2.14. The molecule has 0 saturated carbocycles. The molecule has 0 heterocycles. The standard InChI is InChI=1S/C14H11BrF2O2S/c1-20(18,19)11-5-2-9(3-6-11)14(15)10-4-7-12(16)13(17)8-10/h2-8,14H,1H3. The molecule has 0 amide bonds. The van der Waals surface area contributed by atoms with Crippen molar-refractivity contribution < 1.29 is 17.2 Å². The molecule has 0 aliphatic rings. The first kappa shape index (κ1) is 15.1. The van der Waals surface area contributed by atoms with E-state index < -0.39 is 21.5 Å². The predicted molar refractivity (Wildman–Crippen MR) is 76.7 cm³/mol. The summed E-state index contributed by atoms with van der Waals surface area (Å²) in [5, 5.41) is 0. The Balaban J connectivity index is 2.33. The van der Waals surface area contributed by atoms with Gasteiger partial charge in [0.25, 0.3) is 0 Å².